The van der Waals surface area contributed by atoms with Crippen LogP contribution in [-0.4, -0.2) is 40.9 Å². The van der Waals surface area contributed by atoms with Crippen molar-refractivity contribution in [3.05, 3.63) is 12.2 Å². The molecule has 2 bridgehead atoms. The summed E-state index contributed by atoms with van der Waals surface area (Å²) in [6, 6.07) is -0.000139. The van der Waals surface area contributed by atoms with Crippen molar-refractivity contribution in [2.24, 2.45) is 11.8 Å². The highest BCUT2D eigenvalue weighted by molar-refractivity contribution is 5.69. The highest BCUT2D eigenvalue weighted by atomic mass is 16.6. The quantitative estimate of drug-likeness (QED) is 0.710. The number of piperidine rings is 1. The van der Waals surface area contributed by atoms with Crippen molar-refractivity contribution < 1.29 is 14.6 Å². The summed E-state index contributed by atoms with van der Waals surface area (Å²) < 4.78 is 5.39. The average molecular weight is 239 g/mol. The molecule has 0 saturated carbocycles. The molecule has 0 spiro atoms. The Bertz CT molecular complexity index is 332. The number of fused-ring (bicyclic) bond motifs is 2. The van der Waals surface area contributed by atoms with E-state index in [1.54, 1.807) is 4.90 Å². The Kier molecular flexibility index (Phi) is 3.17. The zero-order valence-electron chi connectivity index (χ0n) is 10.7. The van der Waals surface area contributed by atoms with Crippen molar-refractivity contribution in [1.29, 1.82) is 0 Å². The Morgan fingerprint density at radius 3 is 2.71 bits per heavy atom. The largest absolute Gasteiger partial charge is 0.444 e. The van der Waals surface area contributed by atoms with Crippen LogP contribution in [0.4, 0.5) is 4.79 Å². The lowest BCUT2D eigenvalue weighted by atomic mass is 9.78. The second-order valence-corrected chi connectivity index (χ2v) is 5.95. The maximum Gasteiger partial charge on any atom is 0.410 e. The Morgan fingerprint density at radius 1 is 1.47 bits per heavy atom. The Hall–Kier alpha value is -1.03. The van der Waals surface area contributed by atoms with Crippen molar-refractivity contribution in [2.45, 2.75) is 38.8 Å². The molecule has 1 saturated heterocycles. The van der Waals surface area contributed by atoms with Crippen LogP contribution in [0.5, 0.6) is 0 Å². The summed E-state index contributed by atoms with van der Waals surface area (Å²) in [6.07, 6.45) is 4.88. The van der Waals surface area contributed by atoms with Gasteiger partial charge in [-0.3, -0.25) is 0 Å². The van der Waals surface area contributed by atoms with E-state index in [2.05, 4.69) is 6.08 Å². The molecule has 3 aliphatic rings. The monoisotopic (exact) mass is 239 g/mol. The number of rotatable bonds is 1. The summed E-state index contributed by atoms with van der Waals surface area (Å²) in [7, 11) is 0. The van der Waals surface area contributed by atoms with Crippen LogP contribution in [0.3, 0.4) is 0 Å². The molecule has 0 aromatic heterocycles. The molecule has 2 heterocycles. The van der Waals surface area contributed by atoms with Gasteiger partial charge >= 0.3 is 6.09 Å². The molecule has 0 aromatic rings. The van der Waals surface area contributed by atoms with Gasteiger partial charge in [0.15, 0.2) is 0 Å². The second kappa shape index (κ2) is 4.33. The minimum absolute atomic E-state index is 0.000139. The van der Waals surface area contributed by atoms with Crippen LogP contribution >= 0.6 is 0 Å². The fourth-order valence-corrected chi connectivity index (χ4v) is 2.60. The van der Waals surface area contributed by atoms with E-state index in [1.165, 1.54) is 0 Å². The van der Waals surface area contributed by atoms with E-state index in [1.807, 2.05) is 26.8 Å². The van der Waals surface area contributed by atoms with Crippen molar-refractivity contribution in [3.8, 4) is 0 Å². The van der Waals surface area contributed by atoms with Gasteiger partial charge in [0.2, 0.25) is 0 Å². The molecule has 0 aromatic carbocycles. The second-order valence-electron chi connectivity index (χ2n) is 5.95. The number of ether oxygens (including phenoxy) is 1. The topological polar surface area (TPSA) is 49.8 Å². The van der Waals surface area contributed by atoms with E-state index in [-0.39, 0.29) is 24.7 Å². The molecule has 4 nitrogen and oxygen atoms in total. The molecule has 1 fully saturated rings. The zero-order chi connectivity index (χ0) is 12.6. The number of hydrogen-bond donors (Lipinski definition) is 1. The molecule has 3 rings (SSSR count). The lowest BCUT2D eigenvalue weighted by Crippen LogP contribution is -2.54. The standard InChI is InChI=1S/C13H21NO3/c1-13(2,3)17-12(16)14-7-9-4-5-11(14)10(6-9)8-15/h4-5,9-11,15H,6-8H2,1-3H3. The maximum absolute atomic E-state index is 12.1. The van der Waals surface area contributed by atoms with Crippen LogP contribution in [0.2, 0.25) is 0 Å². The Morgan fingerprint density at radius 2 is 2.18 bits per heavy atom. The van der Waals surface area contributed by atoms with Crippen LogP contribution in [0.15, 0.2) is 12.2 Å². The van der Waals surface area contributed by atoms with Gasteiger partial charge in [-0.15, -0.1) is 0 Å². The van der Waals surface area contributed by atoms with Gasteiger partial charge in [0.1, 0.15) is 5.60 Å². The molecule has 96 valence electrons. The molecule has 1 amide bonds. The van der Waals surface area contributed by atoms with E-state index in [4.69, 9.17) is 4.74 Å². The van der Waals surface area contributed by atoms with E-state index in [0.717, 1.165) is 6.42 Å². The van der Waals surface area contributed by atoms with Crippen molar-refractivity contribution >= 4 is 6.09 Å². The summed E-state index contributed by atoms with van der Waals surface area (Å²) in [4.78, 5) is 13.8. The van der Waals surface area contributed by atoms with Crippen LogP contribution < -0.4 is 0 Å². The number of nitrogens with zero attached hydrogens (tertiary/aromatic N) is 1. The number of carbonyl (C=O) groups excluding carboxylic acids is 1. The first-order valence-electron chi connectivity index (χ1n) is 6.19. The molecule has 3 unspecified atom stereocenters. The average Bonchev–Trinajstić information content (AvgIpc) is 2.27. The predicted molar refractivity (Wildman–Crippen MR) is 64.6 cm³/mol. The number of carbonyl (C=O) groups is 1. The van der Waals surface area contributed by atoms with Gasteiger partial charge in [0.25, 0.3) is 0 Å². The van der Waals surface area contributed by atoms with E-state index in [0.29, 0.717) is 12.5 Å². The Balaban J connectivity index is 2.08. The SMILES string of the molecule is CC(C)(C)OC(=O)N1CC2C=CC1C(CO)C2. The van der Waals surface area contributed by atoms with Gasteiger partial charge in [0.05, 0.1) is 6.04 Å². The van der Waals surface area contributed by atoms with Gasteiger partial charge in [-0.25, -0.2) is 4.79 Å². The molecular weight excluding hydrogens is 218 g/mol. The Labute approximate surface area is 102 Å². The maximum atomic E-state index is 12.1. The van der Waals surface area contributed by atoms with Crippen LogP contribution in [0.1, 0.15) is 27.2 Å². The van der Waals surface area contributed by atoms with Gasteiger partial charge in [0, 0.05) is 19.1 Å². The molecule has 0 radical (unpaired) electrons. The van der Waals surface area contributed by atoms with Crippen molar-refractivity contribution in [2.75, 3.05) is 13.2 Å². The van der Waals surface area contributed by atoms with Gasteiger partial charge < -0.3 is 14.7 Å². The number of aliphatic hydroxyl groups is 1. The summed E-state index contributed by atoms with van der Waals surface area (Å²) in [5, 5.41) is 9.33. The van der Waals surface area contributed by atoms with E-state index < -0.39 is 5.60 Å². The summed E-state index contributed by atoms with van der Waals surface area (Å²) in [5.41, 5.74) is -0.466. The fraction of sp³-hybridized carbons (Fsp3) is 0.769. The third-order valence-corrected chi connectivity index (χ3v) is 3.32. The zero-order valence-corrected chi connectivity index (χ0v) is 10.7. The van der Waals surface area contributed by atoms with E-state index in [9.17, 15) is 9.90 Å². The fourth-order valence-electron chi connectivity index (χ4n) is 2.60. The highest BCUT2D eigenvalue weighted by Gasteiger charge is 2.40. The van der Waals surface area contributed by atoms with Crippen LogP contribution in [0.25, 0.3) is 0 Å². The van der Waals surface area contributed by atoms with Crippen LogP contribution in [-0.2, 0) is 4.74 Å². The van der Waals surface area contributed by atoms with Crippen molar-refractivity contribution in [3.63, 3.8) is 0 Å². The van der Waals surface area contributed by atoms with Crippen molar-refractivity contribution in [1.82, 2.24) is 4.90 Å². The normalized spacial score (nSPS) is 31.8. The first kappa shape index (κ1) is 12.4. The third-order valence-electron chi connectivity index (χ3n) is 3.32. The number of aliphatic hydroxyl groups excluding tert-OH is 1. The van der Waals surface area contributed by atoms with Crippen LogP contribution in [0, 0.1) is 11.8 Å². The van der Waals surface area contributed by atoms with Gasteiger partial charge in [-0.05, 0) is 33.1 Å². The molecule has 17 heavy (non-hydrogen) atoms. The lowest BCUT2D eigenvalue weighted by Gasteiger charge is -2.45. The first-order chi connectivity index (χ1) is 7.90. The predicted octanol–water partition coefficient (Wildman–Crippen LogP) is 1.79. The summed E-state index contributed by atoms with van der Waals surface area (Å²) >= 11 is 0. The molecular formula is C13H21NO3. The lowest BCUT2D eigenvalue weighted by molar-refractivity contribution is -0.00824. The number of amides is 1. The molecule has 4 heteroatoms. The minimum Gasteiger partial charge on any atom is -0.444 e. The highest BCUT2D eigenvalue weighted by Crippen LogP contribution is 2.34. The molecule has 3 atom stereocenters. The number of hydrogen-bond acceptors (Lipinski definition) is 3. The molecule has 1 N–H and O–H groups in total. The van der Waals surface area contributed by atoms with Gasteiger partial charge in [-0.2, -0.15) is 0 Å². The van der Waals surface area contributed by atoms with E-state index >= 15 is 0 Å². The minimum atomic E-state index is -0.466. The van der Waals surface area contributed by atoms with Gasteiger partial charge in [-0.1, -0.05) is 12.2 Å². The first-order valence-corrected chi connectivity index (χ1v) is 6.19. The summed E-state index contributed by atoms with van der Waals surface area (Å²) in [5.74, 6) is 0.524. The molecule has 2 aliphatic heterocycles. The molecule has 1 aliphatic carbocycles. The third kappa shape index (κ3) is 2.63. The smallest absolute Gasteiger partial charge is 0.410 e. The summed E-state index contributed by atoms with van der Waals surface area (Å²) in [6.45, 7) is 6.45.